The highest BCUT2D eigenvalue weighted by Crippen LogP contribution is 2.34. The molecule has 7 nitrogen and oxygen atoms in total. The van der Waals surface area contributed by atoms with Gasteiger partial charge >= 0.3 is 5.97 Å². The molecular formula is C14H13Cl2N3O4S2. The summed E-state index contributed by atoms with van der Waals surface area (Å²) < 4.78 is 10.4. The Bertz CT molecular complexity index is 762. The summed E-state index contributed by atoms with van der Waals surface area (Å²) in [5.74, 6) is -0.353. The average Bonchev–Trinajstić information content (AvgIpc) is 3.00. The number of rotatable bonds is 7. The zero-order chi connectivity index (χ0) is 18.4. The first-order valence-electron chi connectivity index (χ1n) is 6.91. The summed E-state index contributed by atoms with van der Waals surface area (Å²) in [5, 5.41) is 11.1. The first-order valence-corrected chi connectivity index (χ1v) is 9.46. The van der Waals surface area contributed by atoms with Gasteiger partial charge in [-0.15, -0.1) is 10.2 Å². The lowest BCUT2D eigenvalue weighted by Crippen LogP contribution is -2.12. The molecule has 0 spiro atoms. The van der Waals surface area contributed by atoms with E-state index >= 15 is 0 Å². The van der Waals surface area contributed by atoms with Crippen LogP contribution < -0.4 is 10.1 Å². The number of ether oxygens (including phenoxy) is 2. The number of nitrogens with one attached hydrogen (secondary N) is 1. The quantitative estimate of drug-likeness (QED) is 0.413. The maximum absolute atomic E-state index is 12.3. The van der Waals surface area contributed by atoms with Crippen molar-refractivity contribution in [1.29, 1.82) is 0 Å². The monoisotopic (exact) mass is 421 g/mol. The fraction of sp³-hybridized carbons (Fsp3) is 0.286. The molecule has 0 saturated carbocycles. The molecule has 0 aliphatic carbocycles. The number of carbonyl (C=O) groups is 2. The van der Waals surface area contributed by atoms with E-state index in [1.54, 1.807) is 6.92 Å². The summed E-state index contributed by atoms with van der Waals surface area (Å²) in [6.45, 7) is 2.06. The molecule has 134 valence electrons. The minimum atomic E-state index is -0.440. The Labute approximate surface area is 162 Å². The second kappa shape index (κ2) is 9.23. The van der Waals surface area contributed by atoms with Gasteiger partial charge in [0.05, 0.1) is 29.5 Å². The highest BCUT2D eigenvalue weighted by atomic mass is 35.5. The number of hydrogen-bond donors (Lipinski definition) is 1. The second-order valence-corrected chi connectivity index (χ2v) is 7.41. The minimum Gasteiger partial charge on any atom is -0.494 e. The Balaban J connectivity index is 2.01. The molecular weight excluding hydrogens is 409 g/mol. The van der Waals surface area contributed by atoms with Crippen molar-refractivity contribution < 1.29 is 19.1 Å². The van der Waals surface area contributed by atoms with Gasteiger partial charge in [0, 0.05) is 5.56 Å². The molecule has 0 fully saturated rings. The third-order valence-corrected chi connectivity index (χ3v) is 5.22. The Morgan fingerprint density at radius 1 is 1.28 bits per heavy atom. The summed E-state index contributed by atoms with van der Waals surface area (Å²) >= 11 is 14.4. The van der Waals surface area contributed by atoms with Crippen LogP contribution in [-0.2, 0) is 9.53 Å². The van der Waals surface area contributed by atoms with Crippen LogP contribution in [0.15, 0.2) is 16.5 Å². The third kappa shape index (κ3) is 5.46. The second-order valence-electron chi connectivity index (χ2n) is 4.39. The molecule has 0 atom stereocenters. The summed E-state index contributed by atoms with van der Waals surface area (Å²) in [6.07, 6.45) is 0. The number of nitrogens with zero attached hydrogens (tertiary/aromatic N) is 2. The number of aromatic nitrogens is 2. The summed E-state index contributed by atoms with van der Waals surface area (Å²) in [4.78, 5) is 23.6. The van der Waals surface area contributed by atoms with E-state index in [2.05, 4.69) is 15.5 Å². The van der Waals surface area contributed by atoms with E-state index in [0.29, 0.717) is 21.8 Å². The summed E-state index contributed by atoms with van der Waals surface area (Å²) in [6, 6.07) is 2.89. The molecule has 0 saturated heterocycles. The van der Waals surface area contributed by atoms with Crippen molar-refractivity contribution in [1.82, 2.24) is 10.2 Å². The van der Waals surface area contributed by atoms with Crippen LogP contribution in [0, 0.1) is 0 Å². The van der Waals surface area contributed by atoms with E-state index in [4.69, 9.17) is 32.7 Å². The normalized spacial score (nSPS) is 10.4. The van der Waals surface area contributed by atoms with Gasteiger partial charge in [-0.2, -0.15) is 0 Å². The Hall–Kier alpha value is -1.55. The molecule has 1 amide bonds. The maximum Gasteiger partial charge on any atom is 0.316 e. The van der Waals surface area contributed by atoms with Gasteiger partial charge in [-0.05, 0) is 19.1 Å². The zero-order valence-corrected chi connectivity index (χ0v) is 16.3. The predicted octanol–water partition coefficient (Wildman–Crippen LogP) is 3.76. The fourth-order valence-electron chi connectivity index (χ4n) is 1.70. The minimum absolute atomic E-state index is 0.125. The van der Waals surface area contributed by atoms with Crippen LogP contribution >= 0.6 is 46.3 Å². The maximum atomic E-state index is 12.3. The topological polar surface area (TPSA) is 90.4 Å². The van der Waals surface area contributed by atoms with Crippen LogP contribution in [0.5, 0.6) is 5.75 Å². The molecule has 0 bridgehead atoms. The van der Waals surface area contributed by atoms with Crippen molar-refractivity contribution in [3.63, 3.8) is 0 Å². The third-order valence-electron chi connectivity index (χ3n) is 2.71. The largest absolute Gasteiger partial charge is 0.494 e. The van der Waals surface area contributed by atoms with Crippen LogP contribution in [0.25, 0.3) is 0 Å². The SMILES string of the molecule is CCOC(=O)CSc1nnc(NC(=O)c2cc(Cl)c(OC)c(Cl)c2)s1. The van der Waals surface area contributed by atoms with Crippen molar-refractivity contribution in [2.45, 2.75) is 11.3 Å². The smallest absolute Gasteiger partial charge is 0.316 e. The van der Waals surface area contributed by atoms with Crippen LogP contribution in [0.4, 0.5) is 5.13 Å². The highest BCUT2D eigenvalue weighted by molar-refractivity contribution is 8.01. The van der Waals surface area contributed by atoms with Gasteiger partial charge in [0.2, 0.25) is 5.13 Å². The molecule has 1 heterocycles. The van der Waals surface area contributed by atoms with Gasteiger partial charge in [-0.25, -0.2) is 0 Å². The number of benzene rings is 1. The number of amides is 1. The molecule has 0 radical (unpaired) electrons. The molecule has 1 aromatic heterocycles. The molecule has 1 N–H and O–H groups in total. The first kappa shape index (κ1) is 19.8. The summed E-state index contributed by atoms with van der Waals surface area (Å²) in [5.41, 5.74) is 0.256. The zero-order valence-electron chi connectivity index (χ0n) is 13.2. The van der Waals surface area contributed by atoms with E-state index in [9.17, 15) is 9.59 Å². The molecule has 2 aromatic rings. The van der Waals surface area contributed by atoms with Crippen molar-refractivity contribution in [2.24, 2.45) is 0 Å². The number of methoxy groups -OCH3 is 1. The Kier molecular flexibility index (Phi) is 7.30. The van der Waals surface area contributed by atoms with Crippen molar-refractivity contribution in [2.75, 3.05) is 24.8 Å². The van der Waals surface area contributed by atoms with Crippen molar-refractivity contribution in [3.8, 4) is 5.75 Å². The first-order chi connectivity index (χ1) is 11.9. The molecule has 0 unspecified atom stereocenters. The Morgan fingerprint density at radius 3 is 2.56 bits per heavy atom. The molecule has 1 aromatic carbocycles. The number of carbonyl (C=O) groups excluding carboxylic acids is 2. The molecule has 2 rings (SSSR count). The van der Waals surface area contributed by atoms with E-state index in [0.717, 1.165) is 11.3 Å². The highest BCUT2D eigenvalue weighted by Gasteiger charge is 2.16. The van der Waals surface area contributed by atoms with Crippen molar-refractivity contribution >= 4 is 63.3 Å². The van der Waals surface area contributed by atoms with Crippen LogP contribution in [0.3, 0.4) is 0 Å². The van der Waals surface area contributed by atoms with E-state index < -0.39 is 5.91 Å². The predicted molar refractivity (Wildman–Crippen MR) is 98.2 cm³/mol. The van der Waals surface area contributed by atoms with Crippen molar-refractivity contribution in [3.05, 3.63) is 27.7 Å². The number of thioether (sulfide) groups is 1. The van der Waals surface area contributed by atoms with Crippen LogP contribution in [0.1, 0.15) is 17.3 Å². The van der Waals surface area contributed by atoms with Gasteiger partial charge in [0.1, 0.15) is 0 Å². The number of esters is 1. The van der Waals surface area contributed by atoms with E-state index in [-0.39, 0.29) is 27.3 Å². The molecule has 25 heavy (non-hydrogen) atoms. The van der Waals surface area contributed by atoms with E-state index in [1.807, 2.05) is 0 Å². The van der Waals surface area contributed by atoms with Crippen LogP contribution in [-0.4, -0.2) is 41.5 Å². The lowest BCUT2D eigenvalue weighted by atomic mass is 10.2. The van der Waals surface area contributed by atoms with Crippen LogP contribution in [0.2, 0.25) is 10.0 Å². The number of anilines is 1. The summed E-state index contributed by atoms with van der Waals surface area (Å²) in [7, 11) is 1.43. The Morgan fingerprint density at radius 2 is 1.96 bits per heavy atom. The lowest BCUT2D eigenvalue weighted by Gasteiger charge is -2.08. The van der Waals surface area contributed by atoms with Gasteiger partial charge in [0.25, 0.3) is 5.91 Å². The average molecular weight is 422 g/mol. The standard InChI is InChI=1S/C14H13Cl2N3O4S2/c1-3-23-10(20)6-24-14-19-18-13(25-14)17-12(21)7-4-8(15)11(22-2)9(16)5-7/h4-5H,3,6H2,1-2H3,(H,17,18,21). The molecule has 11 heteroatoms. The number of halogens is 2. The lowest BCUT2D eigenvalue weighted by molar-refractivity contribution is -0.139. The van der Waals surface area contributed by atoms with Gasteiger partial charge in [-0.1, -0.05) is 46.3 Å². The number of hydrogen-bond acceptors (Lipinski definition) is 8. The van der Waals surface area contributed by atoms with Gasteiger partial charge in [0.15, 0.2) is 10.1 Å². The fourth-order valence-corrected chi connectivity index (χ4v) is 3.88. The van der Waals surface area contributed by atoms with Gasteiger partial charge in [-0.3, -0.25) is 14.9 Å². The van der Waals surface area contributed by atoms with Gasteiger partial charge < -0.3 is 9.47 Å². The van der Waals surface area contributed by atoms with E-state index in [1.165, 1.54) is 31.0 Å². The molecule has 0 aliphatic rings. The molecule has 0 aliphatic heterocycles.